The standard InChI is InChI=1S/C20H16ClIN2O4/c1-2-27-19(25)12-28-18-8-7-13(10-16(18)22)9-14(11-23)20(26)24-17-6-4-3-5-15(17)21/h3-10H,2,12H2,1H3,(H,24,26)/b14-9+. The van der Waals surface area contributed by atoms with Crippen LogP contribution in [0.4, 0.5) is 5.69 Å². The molecule has 6 nitrogen and oxygen atoms in total. The maximum atomic E-state index is 12.4. The molecule has 0 unspecified atom stereocenters. The number of nitrogens with zero attached hydrogens (tertiary/aromatic N) is 1. The topological polar surface area (TPSA) is 88.4 Å². The number of amides is 1. The van der Waals surface area contributed by atoms with Crippen molar-refractivity contribution in [2.75, 3.05) is 18.5 Å². The molecule has 2 rings (SSSR count). The lowest BCUT2D eigenvalue weighted by molar-refractivity contribution is -0.145. The Labute approximate surface area is 181 Å². The van der Waals surface area contributed by atoms with Gasteiger partial charge in [0.15, 0.2) is 6.61 Å². The van der Waals surface area contributed by atoms with Crippen LogP contribution in [0.2, 0.25) is 5.02 Å². The number of carbonyl (C=O) groups is 2. The quantitative estimate of drug-likeness (QED) is 0.258. The first-order chi connectivity index (χ1) is 13.4. The van der Waals surface area contributed by atoms with E-state index < -0.39 is 11.9 Å². The van der Waals surface area contributed by atoms with E-state index in [0.29, 0.717) is 22.0 Å². The van der Waals surface area contributed by atoms with Gasteiger partial charge in [-0.1, -0.05) is 29.8 Å². The van der Waals surface area contributed by atoms with Gasteiger partial charge in [0.1, 0.15) is 17.4 Å². The summed E-state index contributed by atoms with van der Waals surface area (Å²) >= 11 is 8.07. The molecule has 28 heavy (non-hydrogen) atoms. The Hall–Kier alpha value is -2.57. The van der Waals surface area contributed by atoms with Crippen LogP contribution in [0.25, 0.3) is 6.08 Å². The SMILES string of the molecule is CCOC(=O)COc1ccc(/C=C(\C#N)C(=O)Nc2ccccc2Cl)cc1I. The number of carbonyl (C=O) groups excluding carboxylic acids is 2. The first-order valence-corrected chi connectivity index (χ1v) is 9.66. The first-order valence-electron chi connectivity index (χ1n) is 8.20. The Kier molecular flexibility index (Phi) is 8.29. The molecule has 8 heteroatoms. The summed E-state index contributed by atoms with van der Waals surface area (Å²) in [5.74, 6) is -0.511. The summed E-state index contributed by atoms with van der Waals surface area (Å²) in [6.45, 7) is 1.82. The summed E-state index contributed by atoms with van der Waals surface area (Å²) in [7, 11) is 0. The molecular formula is C20H16ClIN2O4. The molecule has 0 aliphatic heterocycles. The Morgan fingerprint density at radius 2 is 2.04 bits per heavy atom. The van der Waals surface area contributed by atoms with E-state index in [1.165, 1.54) is 6.08 Å². The van der Waals surface area contributed by atoms with Crippen LogP contribution in [0.15, 0.2) is 48.0 Å². The number of para-hydroxylation sites is 1. The van der Waals surface area contributed by atoms with Crippen LogP contribution in [-0.4, -0.2) is 25.1 Å². The average molecular weight is 511 g/mol. The second-order valence-electron chi connectivity index (χ2n) is 5.39. The number of nitriles is 1. The van der Waals surface area contributed by atoms with E-state index in [2.05, 4.69) is 5.32 Å². The van der Waals surface area contributed by atoms with E-state index in [9.17, 15) is 14.9 Å². The largest absolute Gasteiger partial charge is 0.481 e. The monoisotopic (exact) mass is 510 g/mol. The van der Waals surface area contributed by atoms with Gasteiger partial charge in [0.25, 0.3) is 5.91 Å². The molecule has 0 heterocycles. The number of hydrogen-bond donors (Lipinski definition) is 1. The number of anilines is 1. The molecule has 0 spiro atoms. The molecule has 144 valence electrons. The maximum absolute atomic E-state index is 12.4. The zero-order chi connectivity index (χ0) is 20.5. The number of benzene rings is 2. The fraction of sp³-hybridized carbons (Fsp3) is 0.150. The van der Waals surface area contributed by atoms with E-state index in [1.54, 1.807) is 49.4 Å². The molecule has 2 aromatic carbocycles. The molecular weight excluding hydrogens is 495 g/mol. The number of esters is 1. The van der Waals surface area contributed by atoms with Crippen molar-refractivity contribution in [3.63, 3.8) is 0 Å². The van der Waals surface area contributed by atoms with Crippen molar-refractivity contribution < 1.29 is 19.1 Å². The summed E-state index contributed by atoms with van der Waals surface area (Å²) in [5.41, 5.74) is 0.988. The van der Waals surface area contributed by atoms with Crippen LogP contribution in [0.3, 0.4) is 0 Å². The third-order valence-corrected chi connectivity index (χ3v) is 4.58. The minimum atomic E-state index is -0.562. The molecule has 0 bridgehead atoms. The van der Waals surface area contributed by atoms with Crippen molar-refractivity contribution in [2.24, 2.45) is 0 Å². The molecule has 0 fully saturated rings. The van der Waals surface area contributed by atoms with Gasteiger partial charge in [-0.15, -0.1) is 0 Å². The zero-order valence-corrected chi connectivity index (χ0v) is 17.8. The predicted molar refractivity (Wildman–Crippen MR) is 115 cm³/mol. The molecule has 0 saturated heterocycles. The van der Waals surface area contributed by atoms with Gasteiger partial charge in [0, 0.05) is 0 Å². The molecule has 0 aliphatic carbocycles. The highest BCUT2D eigenvalue weighted by Gasteiger charge is 2.12. The smallest absolute Gasteiger partial charge is 0.344 e. The summed E-state index contributed by atoms with van der Waals surface area (Å²) in [4.78, 5) is 23.7. The van der Waals surface area contributed by atoms with Crippen molar-refractivity contribution in [1.82, 2.24) is 0 Å². The first kappa shape index (κ1) is 21.7. The Bertz CT molecular complexity index is 953. The van der Waals surface area contributed by atoms with Crippen LogP contribution in [0, 0.1) is 14.9 Å². The van der Waals surface area contributed by atoms with Crippen LogP contribution >= 0.6 is 34.2 Å². The van der Waals surface area contributed by atoms with E-state index >= 15 is 0 Å². The Morgan fingerprint density at radius 3 is 2.68 bits per heavy atom. The summed E-state index contributed by atoms with van der Waals surface area (Å²) in [6.07, 6.45) is 1.46. The third kappa shape index (κ3) is 6.25. The van der Waals surface area contributed by atoms with Gasteiger partial charge in [0.05, 0.1) is 20.9 Å². The van der Waals surface area contributed by atoms with Crippen LogP contribution in [-0.2, 0) is 14.3 Å². The van der Waals surface area contributed by atoms with Crippen molar-refractivity contribution in [2.45, 2.75) is 6.92 Å². The van der Waals surface area contributed by atoms with E-state index in [1.807, 2.05) is 28.7 Å². The number of halogens is 2. The maximum Gasteiger partial charge on any atom is 0.344 e. The summed E-state index contributed by atoms with van der Waals surface area (Å²) in [5, 5.41) is 12.3. The fourth-order valence-electron chi connectivity index (χ4n) is 2.13. The highest BCUT2D eigenvalue weighted by atomic mass is 127. The minimum absolute atomic E-state index is 0.0732. The molecule has 0 atom stereocenters. The van der Waals surface area contributed by atoms with Gasteiger partial charge in [-0.05, 0) is 65.4 Å². The van der Waals surface area contributed by atoms with Crippen LogP contribution < -0.4 is 10.1 Å². The second-order valence-corrected chi connectivity index (χ2v) is 6.96. The van der Waals surface area contributed by atoms with Gasteiger partial charge in [-0.3, -0.25) is 4.79 Å². The second kappa shape index (κ2) is 10.7. The van der Waals surface area contributed by atoms with E-state index in [4.69, 9.17) is 21.1 Å². The van der Waals surface area contributed by atoms with Gasteiger partial charge >= 0.3 is 5.97 Å². The number of hydrogen-bond acceptors (Lipinski definition) is 5. The summed E-state index contributed by atoms with van der Waals surface area (Å²) in [6, 6.07) is 13.7. The van der Waals surface area contributed by atoms with Gasteiger partial charge in [-0.25, -0.2) is 4.79 Å². The molecule has 1 amide bonds. The van der Waals surface area contributed by atoms with Gasteiger partial charge in [0.2, 0.25) is 0 Å². The minimum Gasteiger partial charge on any atom is -0.481 e. The van der Waals surface area contributed by atoms with E-state index in [-0.39, 0.29) is 18.8 Å². The predicted octanol–water partition coefficient (Wildman–Crippen LogP) is 4.43. The van der Waals surface area contributed by atoms with Gasteiger partial charge < -0.3 is 14.8 Å². The van der Waals surface area contributed by atoms with Crippen LogP contribution in [0.1, 0.15) is 12.5 Å². The normalized spacial score (nSPS) is 10.7. The lowest BCUT2D eigenvalue weighted by atomic mass is 10.1. The van der Waals surface area contributed by atoms with Crippen molar-refractivity contribution in [1.29, 1.82) is 5.26 Å². The van der Waals surface area contributed by atoms with Crippen molar-refractivity contribution >= 4 is 57.8 Å². The van der Waals surface area contributed by atoms with E-state index in [0.717, 1.165) is 3.57 Å². The van der Waals surface area contributed by atoms with Crippen LogP contribution in [0.5, 0.6) is 5.75 Å². The number of ether oxygens (including phenoxy) is 2. The summed E-state index contributed by atoms with van der Waals surface area (Å²) < 4.78 is 10.9. The lowest BCUT2D eigenvalue weighted by Gasteiger charge is -2.09. The molecule has 0 aromatic heterocycles. The highest BCUT2D eigenvalue weighted by molar-refractivity contribution is 14.1. The lowest BCUT2D eigenvalue weighted by Crippen LogP contribution is -2.15. The van der Waals surface area contributed by atoms with Gasteiger partial charge in [-0.2, -0.15) is 5.26 Å². The fourth-order valence-corrected chi connectivity index (χ4v) is 3.01. The average Bonchev–Trinajstić information content (AvgIpc) is 2.67. The Morgan fingerprint density at radius 1 is 1.29 bits per heavy atom. The highest BCUT2D eigenvalue weighted by Crippen LogP contribution is 2.24. The zero-order valence-electron chi connectivity index (χ0n) is 14.9. The molecule has 0 saturated carbocycles. The molecule has 0 radical (unpaired) electrons. The number of nitrogens with one attached hydrogen (secondary N) is 1. The Balaban J connectivity index is 2.12. The third-order valence-electron chi connectivity index (χ3n) is 3.40. The molecule has 0 aliphatic rings. The van der Waals surface area contributed by atoms with Crippen molar-refractivity contribution in [3.05, 3.63) is 62.2 Å². The number of rotatable bonds is 7. The molecule has 1 N–H and O–H groups in total. The molecule has 2 aromatic rings. The van der Waals surface area contributed by atoms with Crippen molar-refractivity contribution in [3.8, 4) is 11.8 Å².